The molecule has 1 aliphatic rings. The predicted molar refractivity (Wildman–Crippen MR) is 115 cm³/mol. The van der Waals surface area contributed by atoms with Gasteiger partial charge >= 0.3 is 0 Å². The van der Waals surface area contributed by atoms with Gasteiger partial charge in [-0.05, 0) is 42.0 Å². The molecule has 31 heavy (non-hydrogen) atoms. The zero-order chi connectivity index (χ0) is 21.5. The van der Waals surface area contributed by atoms with Gasteiger partial charge in [0.2, 0.25) is 5.88 Å². The molecule has 1 aromatic heterocycles. The number of hydrogen-bond acceptors (Lipinski definition) is 4. The van der Waals surface area contributed by atoms with Gasteiger partial charge in [-0.3, -0.25) is 9.36 Å². The zero-order valence-corrected chi connectivity index (χ0v) is 16.2. The van der Waals surface area contributed by atoms with Gasteiger partial charge < -0.3 is 10.5 Å². The van der Waals surface area contributed by atoms with Gasteiger partial charge in [-0.25, -0.2) is 4.39 Å². The van der Waals surface area contributed by atoms with Gasteiger partial charge in [0.1, 0.15) is 23.2 Å². The Morgan fingerprint density at radius 2 is 1.65 bits per heavy atom. The highest BCUT2D eigenvalue weighted by atomic mass is 19.1. The number of rotatable bonds is 2. The van der Waals surface area contributed by atoms with Crippen LogP contribution in [0, 0.1) is 17.1 Å². The molecule has 1 aliphatic heterocycles. The number of halogens is 1. The van der Waals surface area contributed by atoms with Crippen molar-refractivity contribution in [1.82, 2.24) is 4.57 Å². The lowest BCUT2D eigenvalue weighted by molar-refractivity contribution is 0.396. The average Bonchev–Trinajstić information content (AvgIpc) is 2.80. The fourth-order valence-electron chi connectivity index (χ4n) is 4.09. The molecule has 5 nitrogen and oxygen atoms in total. The smallest absolute Gasteiger partial charge is 0.263 e. The van der Waals surface area contributed by atoms with E-state index in [2.05, 4.69) is 6.07 Å². The molecule has 4 aromatic rings. The molecule has 0 amide bonds. The van der Waals surface area contributed by atoms with Gasteiger partial charge in [0.25, 0.3) is 5.56 Å². The Labute approximate surface area is 177 Å². The van der Waals surface area contributed by atoms with Crippen LogP contribution in [-0.4, -0.2) is 4.57 Å². The summed E-state index contributed by atoms with van der Waals surface area (Å²) in [7, 11) is 0. The van der Waals surface area contributed by atoms with Crippen LogP contribution in [0.2, 0.25) is 0 Å². The molecule has 0 unspecified atom stereocenters. The molecule has 0 spiro atoms. The minimum atomic E-state index is -0.776. The Kier molecular flexibility index (Phi) is 4.30. The number of fused-ring (bicyclic) bond motifs is 3. The first-order valence-electron chi connectivity index (χ1n) is 9.66. The largest absolute Gasteiger partial charge is 0.439 e. The van der Waals surface area contributed by atoms with E-state index in [1.807, 2.05) is 54.6 Å². The molecular formula is C25H16FN3O2. The number of nitrogens with zero attached hydrogens (tertiary/aromatic N) is 2. The first kappa shape index (κ1) is 18.6. The van der Waals surface area contributed by atoms with Gasteiger partial charge in [0.05, 0.1) is 17.0 Å². The maximum absolute atomic E-state index is 13.9. The fourth-order valence-corrected chi connectivity index (χ4v) is 4.09. The number of pyridine rings is 1. The summed E-state index contributed by atoms with van der Waals surface area (Å²) in [6, 6.07) is 24.4. The Balaban J connectivity index is 1.92. The van der Waals surface area contributed by atoms with Crippen molar-refractivity contribution >= 4 is 10.9 Å². The highest BCUT2D eigenvalue weighted by Crippen LogP contribution is 2.43. The molecule has 2 heterocycles. The lowest BCUT2D eigenvalue weighted by atomic mass is 9.83. The summed E-state index contributed by atoms with van der Waals surface area (Å²) in [5, 5.41) is 10.5. The van der Waals surface area contributed by atoms with Crippen molar-refractivity contribution in [2.75, 3.05) is 0 Å². The third kappa shape index (κ3) is 2.87. The quantitative estimate of drug-likeness (QED) is 0.534. The van der Waals surface area contributed by atoms with Crippen LogP contribution in [0.25, 0.3) is 16.6 Å². The first-order valence-corrected chi connectivity index (χ1v) is 9.66. The minimum absolute atomic E-state index is 0.0636. The second-order valence-electron chi connectivity index (χ2n) is 7.21. The summed E-state index contributed by atoms with van der Waals surface area (Å²) >= 11 is 0. The number of nitriles is 1. The Morgan fingerprint density at radius 1 is 0.968 bits per heavy atom. The molecule has 0 radical (unpaired) electrons. The highest BCUT2D eigenvalue weighted by Gasteiger charge is 2.35. The Hall–Kier alpha value is -4.37. The lowest BCUT2D eigenvalue weighted by Crippen LogP contribution is -2.31. The van der Waals surface area contributed by atoms with E-state index in [0.29, 0.717) is 33.5 Å². The van der Waals surface area contributed by atoms with Crippen molar-refractivity contribution in [1.29, 1.82) is 5.26 Å². The number of hydrogen-bond donors (Lipinski definition) is 1. The van der Waals surface area contributed by atoms with E-state index in [1.165, 1.54) is 12.1 Å². The van der Waals surface area contributed by atoms with E-state index in [-0.39, 0.29) is 17.0 Å². The fraction of sp³-hybridized carbons (Fsp3) is 0.0400. The van der Waals surface area contributed by atoms with Crippen LogP contribution in [0.1, 0.15) is 17.0 Å². The van der Waals surface area contributed by atoms with E-state index in [4.69, 9.17) is 10.5 Å². The summed E-state index contributed by atoms with van der Waals surface area (Å²) in [4.78, 5) is 13.9. The van der Waals surface area contributed by atoms with E-state index in [1.54, 1.807) is 16.7 Å². The Morgan fingerprint density at radius 3 is 2.35 bits per heavy atom. The van der Waals surface area contributed by atoms with Crippen molar-refractivity contribution in [3.63, 3.8) is 0 Å². The van der Waals surface area contributed by atoms with E-state index >= 15 is 0 Å². The molecule has 5 rings (SSSR count). The maximum atomic E-state index is 13.9. The monoisotopic (exact) mass is 409 g/mol. The third-order valence-corrected chi connectivity index (χ3v) is 5.46. The predicted octanol–water partition coefficient (Wildman–Crippen LogP) is 4.35. The van der Waals surface area contributed by atoms with Crippen LogP contribution in [0.3, 0.4) is 0 Å². The number of nitrogens with two attached hydrogens (primary N) is 1. The van der Waals surface area contributed by atoms with Gasteiger partial charge in [0, 0.05) is 11.1 Å². The van der Waals surface area contributed by atoms with Crippen molar-refractivity contribution in [2.24, 2.45) is 5.73 Å². The van der Waals surface area contributed by atoms with E-state index in [9.17, 15) is 14.4 Å². The number of ether oxygens (including phenoxy) is 1. The van der Waals surface area contributed by atoms with Crippen LogP contribution in [0.15, 0.2) is 95.1 Å². The maximum Gasteiger partial charge on any atom is 0.263 e. The van der Waals surface area contributed by atoms with Gasteiger partial charge in [-0.2, -0.15) is 5.26 Å². The van der Waals surface area contributed by atoms with Crippen LogP contribution in [0.5, 0.6) is 5.75 Å². The molecule has 3 aromatic carbocycles. The summed E-state index contributed by atoms with van der Waals surface area (Å²) in [5.74, 6) is -0.932. The normalized spacial score (nSPS) is 15.3. The molecule has 0 saturated heterocycles. The third-order valence-electron chi connectivity index (χ3n) is 5.46. The van der Waals surface area contributed by atoms with Crippen LogP contribution >= 0.6 is 0 Å². The van der Waals surface area contributed by atoms with Crippen LogP contribution < -0.4 is 16.0 Å². The second kappa shape index (κ2) is 7.15. The number of allylic oxidation sites excluding steroid dienone is 1. The lowest BCUT2D eigenvalue weighted by Gasteiger charge is -2.28. The van der Waals surface area contributed by atoms with E-state index in [0.717, 1.165) is 0 Å². The van der Waals surface area contributed by atoms with Gasteiger partial charge in [-0.1, -0.05) is 42.5 Å². The van der Waals surface area contributed by atoms with Crippen molar-refractivity contribution in [3.8, 4) is 17.5 Å². The first-order chi connectivity index (χ1) is 15.1. The highest BCUT2D eigenvalue weighted by molar-refractivity contribution is 5.89. The molecule has 6 heteroatoms. The van der Waals surface area contributed by atoms with Crippen LogP contribution in [-0.2, 0) is 0 Å². The van der Waals surface area contributed by atoms with Gasteiger partial charge in [0.15, 0.2) is 0 Å². The Bertz CT molecular complexity index is 1450. The molecule has 0 fully saturated rings. The average molecular weight is 409 g/mol. The molecule has 0 saturated carbocycles. The van der Waals surface area contributed by atoms with E-state index < -0.39 is 11.7 Å². The topological polar surface area (TPSA) is 81.0 Å². The van der Waals surface area contributed by atoms with Gasteiger partial charge in [-0.15, -0.1) is 0 Å². The molecular weight excluding hydrogens is 393 g/mol. The number of benzene rings is 3. The van der Waals surface area contributed by atoms with Crippen molar-refractivity contribution in [3.05, 3.63) is 118 Å². The van der Waals surface area contributed by atoms with Crippen LogP contribution in [0.4, 0.5) is 4.39 Å². The number of para-hydroxylation sites is 2. The minimum Gasteiger partial charge on any atom is -0.439 e. The van der Waals surface area contributed by atoms with Crippen molar-refractivity contribution < 1.29 is 9.13 Å². The standard InChI is InChI=1S/C25H16FN3O2/c26-16-12-10-15(11-13-16)21-19(14-27)24(28)31-23-18-8-4-5-9-20(18)29(25(30)22(21)23)17-6-2-1-3-7-17/h1-13,21H,28H2/t21-/m0/s1. The molecule has 150 valence electrons. The summed E-state index contributed by atoms with van der Waals surface area (Å²) < 4.78 is 21.0. The summed E-state index contributed by atoms with van der Waals surface area (Å²) in [6.07, 6.45) is 0. The molecule has 0 aliphatic carbocycles. The molecule has 0 bridgehead atoms. The SMILES string of the molecule is N#CC1=C(N)Oc2c(c(=O)n(-c3ccccc3)c3ccccc23)[C@H]1c1ccc(F)cc1. The van der Waals surface area contributed by atoms with Crippen molar-refractivity contribution in [2.45, 2.75) is 5.92 Å². The molecule has 2 N–H and O–H groups in total. The second-order valence-corrected chi connectivity index (χ2v) is 7.21. The summed E-state index contributed by atoms with van der Waals surface area (Å²) in [6.45, 7) is 0. The summed E-state index contributed by atoms with van der Waals surface area (Å²) in [5.41, 5.74) is 8.11. The zero-order valence-electron chi connectivity index (χ0n) is 16.2. The molecule has 1 atom stereocenters. The number of aromatic nitrogens is 1.